The lowest BCUT2D eigenvalue weighted by Gasteiger charge is -2.00. The zero-order chi connectivity index (χ0) is 8.55. The van der Waals surface area contributed by atoms with Gasteiger partial charge in [0.05, 0.1) is 0 Å². The van der Waals surface area contributed by atoms with Gasteiger partial charge in [-0.25, -0.2) is 0 Å². The summed E-state index contributed by atoms with van der Waals surface area (Å²) in [7, 11) is 0. The van der Waals surface area contributed by atoms with Crippen LogP contribution >= 0.6 is 11.6 Å². The molecule has 0 heterocycles. The molecular formula is C11H9Cl. The second-order valence-electron chi connectivity index (χ2n) is 2.95. The molecule has 0 nitrogen and oxygen atoms in total. The third-order valence-corrected chi connectivity index (χ3v) is 2.43. The monoisotopic (exact) mass is 176 g/mol. The molecule has 0 spiro atoms. The SMILES string of the molecule is Cc1cc2ccccc2cc1Cl. The summed E-state index contributed by atoms with van der Waals surface area (Å²) in [5.74, 6) is 0. The first-order valence-electron chi connectivity index (χ1n) is 3.92. The van der Waals surface area contributed by atoms with E-state index in [0.29, 0.717) is 0 Å². The Morgan fingerprint density at radius 2 is 1.58 bits per heavy atom. The standard InChI is InChI=1S/C11H9Cl/c1-8-6-9-4-2-3-5-10(9)7-11(8)12/h2-7H,1H3. The molecule has 0 atom stereocenters. The lowest BCUT2D eigenvalue weighted by molar-refractivity contribution is 1.50. The Morgan fingerprint density at radius 1 is 1.00 bits per heavy atom. The van der Waals surface area contributed by atoms with E-state index >= 15 is 0 Å². The van der Waals surface area contributed by atoms with Gasteiger partial charge < -0.3 is 0 Å². The van der Waals surface area contributed by atoms with Crippen LogP contribution in [-0.4, -0.2) is 0 Å². The predicted octanol–water partition coefficient (Wildman–Crippen LogP) is 3.80. The van der Waals surface area contributed by atoms with E-state index in [1.165, 1.54) is 10.8 Å². The normalized spacial score (nSPS) is 10.5. The van der Waals surface area contributed by atoms with E-state index in [0.717, 1.165) is 10.6 Å². The lowest BCUT2D eigenvalue weighted by atomic mass is 10.1. The van der Waals surface area contributed by atoms with Crippen LogP contribution in [0, 0.1) is 6.92 Å². The molecule has 2 aromatic rings. The van der Waals surface area contributed by atoms with E-state index in [-0.39, 0.29) is 0 Å². The van der Waals surface area contributed by atoms with Crippen molar-refractivity contribution in [2.45, 2.75) is 6.92 Å². The minimum absolute atomic E-state index is 0.841. The van der Waals surface area contributed by atoms with Crippen molar-refractivity contribution in [3.05, 3.63) is 47.0 Å². The van der Waals surface area contributed by atoms with Gasteiger partial charge in [-0.05, 0) is 35.4 Å². The van der Waals surface area contributed by atoms with Gasteiger partial charge in [0.15, 0.2) is 0 Å². The van der Waals surface area contributed by atoms with Gasteiger partial charge in [-0.2, -0.15) is 0 Å². The van der Waals surface area contributed by atoms with Gasteiger partial charge in [-0.15, -0.1) is 0 Å². The van der Waals surface area contributed by atoms with Crippen LogP contribution < -0.4 is 0 Å². The van der Waals surface area contributed by atoms with Gasteiger partial charge in [0.1, 0.15) is 0 Å². The quantitative estimate of drug-likeness (QED) is 0.573. The third kappa shape index (κ3) is 1.19. The first-order valence-corrected chi connectivity index (χ1v) is 4.30. The van der Waals surface area contributed by atoms with Gasteiger partial charge in [0, 0.05) is 5.02 Å². The number of hydrogen-bond acceptors (Lipinski definition) is 0. The predicted molar refractivity (Wildman–Crippen MR) is 53.7 cm³/mol. The Morgan fingerprint density at radius 3 is 2.25 bits per heavy atom. The van der Waals surface area contributed by atoms with Crippen LogP contribution in [-0.2, 0) is 0 Å². The van der Waals surface area contributed by atoms with Crippen molar-refractivity contribution in [3.8, 4) is 0 Å². The number of aryl methyl sites for hydroxylation is 1. The molecule has 1 heteroatoms. The molecule has 0 N–H and O–H groups in total. The van der Waals surface area contributed by atoms with Crippen molar-refractivity contribution in [3.63, 3.8) is 0 Å². The molecule has 0 aliphatic carbocycles. The van der Waals surface area contributed by atoms with Crippen molar-refractivity contribution in [2.75, 3.05) is 0 Å². The maximum Gasteiger partial charge on any atom is 0.0441 e. The highest BCUT2D eigenvalue weighted by atomic mass is 35.5. The Balaban J connectivity index is 2.84. The van der Waals surface area contributed by atoms with Gasteiger partial charge >= 0.3 is 0 Å². The van der Waals surface area contributed by atoms with Crippen molar-refractivity contribution in [1.29, 1.82) is 0 Å². The summed E-state index contributed by atoms with van der Waals surface area (Å²) in [4.78, 5) is 0. The summed E-state index contributed by atoms with van der Waals surface area (Å²) >= 11 is 5.99. The average Bonchev–Trinajstić information content (AvgIpc) is 2.07. The molecule has 2 aromatic carbocycles. The van der Waals surface area contributed by atoms with Crippen LogP contribution in [0.2, 0.25) is 5.02 Å². The molecule has 0 saturated heterocycles. The summed E-state index contributed by atoms with van der Waals surface area (Å²) in [5, 5.41) is 3.29. The Hall–Kier alpha value is -1.01. The number of hydrogen-bond donors (Lipinski definition) is 0. The number of benzene rings is 2. The van der Waals surface area contributed by atoms with Crippen LogP contribution in [0.15, 0.2) is 36.4 Å². The van der Waals surface area contributed by atoms with Crippen molar-refractivity contribution >= 4 is 22.4 Å². The zero-order valence-corrected chi connectivity index (χ0v) is 7.60. The molecule has 0 aliphatic rings. The highest BCUT2D eigenvalue weighted by Crippen LogP contribution is 2.22. The van der Waals surface area contributed by atoms with E-state index in [9.17, 15) is 0 Å². The minimum Gasteiger partial charge on any atom is -0.0840 e. The molecule has 0 aliphatic heterocycles. The minimum atomic E-state index is 0.841. The second kappa shape index (κ2) is 2.80. The van der Waals surface area contributed by atoms with Crippen molar-refractivity contribution in [1.82, 2.24) is 0 Å². The molecule has 0 unspecified atom stereocenters. The van der Waals surface area contributed by atoms with E-state index in [1.807, 2.05) is 25.1 Å². The van der Waals surface area contributed by atoms with Crippen LogP contribution in [0.1, 0.15) is 5.56 Å². The lowest BCUT2D eigenvalue weighted by Crippen LogP contribution is -1.76. The summed E-state index contributed by atoms with van der Waals surface area (Å²) in [5.41, 5.74) is 1.13. The van der Waals surface area contributed by atoms with Gasteiger partial charge in [0.2, 0.25) is 0 Å². The second-order valence-corrected chi connectivity index (χ2v) is 3.36. The van der Waals surface area contributed by atoms with Crippen molar-refractivity contribution < 1.29 is 0 Å². The fraction of sp³-hybridized carbons (Fsp3) is 0.0909. The topological polar surface area (TPSA) is 0 Å². The molecule has 0 amide bonds. The first-order chi connectivity index (χ1) is 5.77. The Kier molecular flexibility index (Phi) is 1.78. The van der Waals surface area contributed by atoms with Crippen LogP contribution in [0.3, 0.4) is 0 Å². The molecule has 60 valence electrons. The fourth-order valence-corrected chi connectivity index (χ4v) is 1.50. The smallest absolute Gasteiger partial charge is 0.0441 e. The van der Waals surface area contributed by atoms with E-state index in [1.54, 1.807) is 0 Å². The van der Waals surface area contributed by atoms with E-state index in [4.69, 9.17) is 11.6 Å². The van der Waals surface area contributed by atoms with Gasteiger partial charge in [-0.3, -0.25) is 0 Å². The third-order valence-electron chi connectivity index (χ3n) is 2.03. The maximum absolute atomic E-state index is 5.99. The number of fused-ring (bicyclic) bond motifs is 1. The summed E-state index contributed by atoms with van der Waals surface area (Å²) in [6, 6.07) is 12.3. The van der Waals surface area contributed by atoms with Crippen LogP contribution in [0.4, 0.5) is 0 Å². The average molecular weight is 177 g/mol. The number of halogens is 1. The molecule has 0 bridgehead atoms. The summed E-state index contributed by atoms with van der Waals surface area (Å²) < 4.78 is 0. The van der Waals surface area contributed by atoms with E-state index < -0.39 is 0 Å². The van der Waals surface area contributed by atoms with Crippen molar-refractivity contribution in [2.24, 2.45) is 0 Å². The Bertz CT molecular complexity index is 378. The highest BCUT2D eigenvalue weighted by Gasteiger charge is 1.96. The first kappa shape index (κ1) is 7.63. The van der Waals surface area contributed by atoms with Crippen LogP contribution in [0.25, 0.3) is 10.8 Å². The molecule has 0 saturated carbocycles. The molecule has 0 fully saturated rings. The zero-order valence-electron chi connectivity index (χ0n) is 6.84. The van der Waals surface area contributed by atoms with E-state index in [2.05, 4.69) is 18.2 Å². The number of rotatable bonds is 0. The molecule has 12 heavy (non-hydrogen) atoms. The molecular weight excluding hydrogens is 168 g/mol. The molecule has 2 rings (SSSR count). The fourth-order valence-electron chi connectivity index (χ4n) is 1.33. The molecule has 0 aromatic heterocycles. The summed E-state index contributed by atoms with van der Waals surface area (Å²) in [6.07, 6.45) is 0. The van der Waals surface area contributed by atoms with Crippen LogP contribution in [0.5, 0.6) is 0 Å². The maximum atomic E-state index is 5.99. The molecule has 0 radical (unpaired) electrons. The Labute approximate surface area is 76.8 Å². The summed E-state index contributed by atoms with van der Waals surface area (Å²) in [6.45, 7) is 2.02. The van der Waals surface area contributed by atoms with Gasteiger partial charge in [-0.1, -0.05) is 35.9 Å². The highest BCUT2D eigenvalue weighted by molar-refractivity contribution is 6.32. The largest absolute Gasteiger partial charge is 0.0840 e. The van der Waals surface area contributed by atoms with Gasteiger partial charge in [0.25, 0.3) is 0 Å².